The van der Waals surface area contributed by atoms with Crippen molar-refractivity contribution in [3.8, 4) is 0 Å². The first kappa shape index (κ1) is 17.7. The number of hydrogen-bond acceptors (Lipinski definition) is 3. The van der Waals surface area contributed by atoms with Gasteiger partial charge in [-0.3, -0.25) is 9.59 Å². The zero-order valence-electron chi connectivity index (χ0n) is 14.6. The van der Waals surface area contributed by atoms with Crippen LogP contribution >= 0.6 is 11.3 Å². The van der Waals surface area contributed by atoms with Crippen molar-refractivity contribution in [2.75, 3.05) is 5.32 Å². The molecule has 1 heterocycles. The van der Waals surface area contributed by atoms with Crippen LogP contribution < -0.4 is 10.6 Å². The molecule has 1 aromatic heterocycles. The van der Waals surface area contributed by atoms with Crippen LogP contribution in [0.1, 0.15) is 53.1 Å². The second kappa shape index (κ2) is 7.83. The Labute approximate surface area is 152 Å². The SMILES string of the molecule is CC1CCCC(NC(=O)c2ccc(NC(=O)c3cccs3)cc2)C1C. The third kappa shape index (κ3) is 4.28. The molecule has 0 radical (unpaired) electrons. The summed E-state index contributed by atoms with van der Waals surface area (Å²) in [4.78, 5) is 25.2. The molecule has 0 bridgehead atoms. The second-order valence-corrected chi connectivity index (χ2v) is 7.80. The normalized spacial score (nSPS) is 23.0. The van der Waals surface area contributed by atoms with Gasteiger partial charge >= 0.3 is 0 Å². The fourth-order valence-corrected chi connectivity index (χ4v) is 3.96. The zero-order valence-corrected chi connectivity index (χ0v) is 15.4. The maximum atomic E-state index is 12.5. The molecule has 4 nitrogen and oxygen atoms in total. The quantitative estimate of drug-likeness (QED) is 0.844. The minimum atomic E-state index is -0.128. The molecule has 1 aromatic carbocycles. The van der Waals surface area contributed by atoms with Gasteiger partial charge in [0.2, 0.25) is 0 Å². The summed E-state index contributed by atoms with van der Waals surface area (Å²) < 4.78 is 0. The smallest absolute Gasteiger partial charge is 0.265 e. The monoisotopic (exact) mass is 356 g/mol. The van der Waals surface area contributed by atoms with E-state index < -0.39 is 0 Å². The molecule has 0 saturated heterocycles. The van der Waals surface area contributed by atoms with Gasteiger partial charge in [-0.15, -0.1) is 11.3 Å². The van der Waals surface area contributed by atoms with Crippen molar-refractivity contribution in [3.05, 3.63) is 52.2 Å². The van der Waals surface area contributed by atoms with Crippen LogP contribution in [-0.4, -0.2) is 17.9 Å². The summed E-state index contributed by atoms with van der Waals surface area (Å²) in [5.41, 5.74) is 1.31. The molecule has 0 aliphatic heterocycles. The third-order valence-corrected chi connectivity index (χ3v) is 6.04. The Kier molecular flexibility index (Phi) is 5.53. The minimum Gasteiger partial charge on any atom is -0.349 e. The van der Waals surface area contributed by atoms with Gasteiger partial charge in [0.05, 0.1) is 4.88 Å². The number of thiophene rings is 1. The fraction of sp³-hybridized carbons (Fsp3) is 0.400. The highest BCUT2D eigenvalue weighted by Crippen LogP contribution is 2.29. The summed E-state index contributed by atoms with van der Waals surface area (Å²) in [6, 6.07) is 10.9. The summed E-state index contributed by atoms with van der Waals surface area (Å²) in [5, 5.41) is 7.89. The van der Waals surface area contributed by atoms with E-state index in [2.05, 4.69) is 24.5 Å². The number of nitrogens with one attached hydrogen (secondary N) is 2. The number of hydrogen-bond donors (Lipinski definition) is 2. The van der Waals surface area contributed by atoms with Gasteiger partial charge in [0.15, 0.2) is 0 Å². The largest absolute Gasteiger partial charge is 0.349 e. The van der Waals surface area contributed by atoms with Crippen LogP contribution in [0.4, 0.5) is 5.69 Å². The lowest BCUT2D eigenvalue weighted by atomic mass is 9.78. The molecule has 2 N–H and O–H groups in total. The fourth-order valence-electron chi connectivity index (χ4n) is 3.34. The molecule has 2 amide bonds. The molecule has 2 aromatic rings. The van der Waals surface area contributed by atoms with Crippen molar-refractivity contribution in [1.29, 1.82) is 0 Å². The van der Waals surface area contributed by atoms with Crippen molar-refractivity contribution in [2.24, 2.45) is 11.8 Å². The summed E-state index contributed by atoms with van der Waals surface area (Å²) in [6.45, 7) is 4.48. The molecule has 25 heavy (non-hydrogen) atoms. The van der Waals surface area contributed by atoms with Crippen LogP contribution in [0, 0.1) is 11.8 Å². The third-order valence-electron chi connectivity index (χ3n) is 5.17. The van der Waals surface area contributed by atoms with Crippen LogP contribution in [0.15, 0.2) is 41.8 Å². The lowest BCUT2D eigenvalue weighted by Gasteiger charge is -2.34. The van der Waals surface area contributed by atoms with E-state index in [1.807, 2.05) is 11.4 Å². The van der Waals surface area contributed by atoms with Gasteiger partial charge in [-0.1, -0.05) is 32.8 Å². The maximum absolute atomic E-state index is 12.5. The van der Waals surface area contributed by atoms with Crippen LogP contribution in [-0.2, 0) is 0 Å². The first-order chi connectivity index (χ1) is 12.0. The summed E-state index contributed by atoms with van der Waals surface area (Å²) in [7, 11) is 0. The molecular weight excluding hydrogens is 332 g/mol. The molecule has 1 fully saturated rings. The molecule has 3 unspecified atom stereocenters. The van der Waals surface area contributed by atoms with Gasteiger partial charge < -0.3 is 10.6 Å². The first-order valence-electron chi connectivity index (χ1n) is 8.80. The lowest BCUT2D eigenvalue weighted by Crippen LogP contribution is -2.43. The number of anilines is 1. The zero-order chi connectivity index (χ0) is 17.8. The van der Waals surface area contributed by atoms with Gasteiger partial charge in [0.1, 0.15) is 0 Å². The van der Waals surface area contributed by atoms with E-state index in [1.165, 1.54) is 24.2 Å². The Morgan fingerprint density at radius 3 is 2.48 bits per heavy atom. The number of amides is 2. The number of carbonyl (C=O) groups excluding carboxylic acids is 2. The second-order valence-electron chi connectivity index (χ2n) is 6.86. The van der Waals surface area contributed by atoms with E-state index in [4.69, 9.17) is 0 Å². The average molecular weight is 356 g/mol. The highest BCUT2D eigenvalue weighted by molar-refractivity contribution is 7.12. The van der Waals surface area contributed by atoms with Crippen LogP contribution in [0.5, 0.6) is 0 Å². The molecule has 1 saturated carbocycles. The number of rotatable bonds is 4. The molecule has 3 rings (SSSR count). The Balaban J connectivity index is 1.60. The van der Waals surface area contributed by atoms with E-state index >= 15 is 0 Å². The lowest BCUT2D eigenvalue weighted by molar-refractivity contribution is 0.0890. The molecule has 0 spiro atoms. The summed E-state index contributed by atoms with van der Waals surface area (Å²) in [5.74, 6) is 0.982. The molecule has 132 valence electrons. The molecule has 3 atom stereocenters. The Bertz CT molecular complexity index is 725. The molecule has 1 aliphatic carbocycles. The van der Waals surface area contributed by atoms with Crippen LogP contribution in [0.2, 0.25) is 0 Å². The Morgan fingerprint density at radius 1 is 1.04 bits per heavy atom. The van der Waals surface area contributed by atoms with Crippen molar-refractivity contribution >= 4 is 28.8 Å². The predicted molar refractivity (Wildman–Crippen MR) is 102 cm³/mol. The van der Waals surface area contributed by atoms with Crippen molar-refractivity contribution < 1.29 is 9.59 Å². The summed E-state index contributed by atoms with van der Waals surface area (Å²) in [6.07, 6.45) is 3.46. The van der Waals surface area contributed by atoms with Gasteiger partial charge in [-0.05, 0) is 54.0 Å². The topological polar surface area (TPSA) is 58.2 Å². The van der Waals surface area contributed by atoms with E-state index in [0.29, 0.717) is 28.0 Å². The van der Waals surface area contributed by atoms with Crippen LogP contribution in [0.3, 0.4) is 0 Å². The minimum absolute atomic E-state index is 0.0397. The standard InChI is InChI=1S/C20H24N2O2S/c1-13-5-3-6-17(14(13)2)22-19(23)15-8-10-16(11-9-15)21-20(24)18-7-4-12-25-18/h4,7-14,17H,3,5-6H2,1-2H3,(H,21,24)(H,22,23). The molecule has 5 heteroatoms. The average Bonchev–Trinajstić information content (AvgIpc) is 3.14. The van der Waals surface area contributed by atoms with Gasteiger partial charge in [-0.25, -0.2) is 0 Å². The summed E-state index contributed by atoms with van der Waals surface area (Å²) >= 11 is 1.40. The van der Waals surface area contributed by atoms with Crippen molar-refractivity contribution in [2.45, 2.75) is 39.2 Å². The highest BCUT2D eigenvalue weighted by Gasteiger charge is 2.28. The van der Waals surface area contributed by atoms with Gasteiger partial charge in [0.25, 0.3) is 11.8 Å². The maximum Gasteiger partial charge on any atom is 0.265 e. The van der Waals surface area contributed by atoms with Crippen molar-refractivity contribution in [1.82, 2.24) is 5.32 Å². The van der Waals surface area contributed by atoms with E-state index in [9.17, 15) is 9.59 Å². The highest BCUT2D eigenvalue weighted by atomic mass is 32.1. The number of carbonyl (C=O) groups is 2. The molecular formula is C20H24N2O2S. The number of benzene rings is 1. The van der Waals surface area contributed by atoms with Gasteiger partial charge in [0, 0.05) is 17.3 Å². The first-order valence-corrected chi connectivity index (χ1v) is 9.68. The Hall–Kier alpha value is -2.14. The van der Waals surface area contributed by atoms with Crippen LogP contribution in [0.25, 0.3) is 0 Å². The van der Waals surface area contributed by atoms with Gasteiger partial charge in [-0.2, -0.15) is 0 Å². The Morgan fingerprint density at radius 2 is 1.80 bits per heavy atom. The van der Waals surface area contributed by atoms with E-state index in [1.54, 1.807) is 30.3 Å². The molecule has 1 aliphatic rings. The van der Waals surface area contributed by atoms with Crippen molar-refractivity contribution in [3.63, 3.8) is 0 Å². The van der Waals surface area contributed by atoms with E-state index in [0.717, 1.165) is 6.42 Å². The van der Waals surface area contributed by atoms with E-state index in [-0.39, 0.29) is 17.9 Å². The predicted octanol–water partition coefficient (Wildman–Crippen LogP) is 4.55.